The Morgan fingerprint density at radius 3 is 1.39 bits per heavy atom. The zero-order valence-electron chi connectivity index (χ0n) is 49.4. The van der Waals surface area contributed by atoms with Crippen molar-refractivity contribution in [2.75, 3.05) is 70.0 Å². The van der Waals surface area contributed by atoms with Crippen LogP contribution in [0.5, 0.6) is 11.5 Å². The Morgan fingerprint density at radius 2 is 1.04 bits per heavy atom. The standard InChI is InChI=1S/C30H36F3N5O3S.C27H30F3N5O3.C3H8OS/c1-6-23-15-26(27-25(9-8-20(4)36-27)38(23)29(39)40-7-2)37(28-34-16-24(17-35-28)41-10-11-42-5)18-21-12-19(3)13-22(14-21)30(31,32)33;1-5-20-12-23(24-22(8-7-17(4)33-24)35(20)26(37)38-6-2)34(25-31-13-21(36)14-32-25)15-18-9-16(3)10-19(11-18)27(28,29)30;1-5-3-2-4/h8-9,12-14,16-17,23,26H,6-7,10-11,15,18H2,1-5H3;7-11,13-14,20,23,36H,5-6,12,15H2,1-4H3;4H,2-3H2,1H3/t23-,26+;20-,23+;/m11./s1. The van der Waals surface area contributed by atoms with E-state index in [-0.39, 0.29) is 50.1 Å². The van der Waals surface area contributed by atoms with Crippen molar-refractivity contribution >= 4 is 59.0 Å². The molecule has 0 aliphatic carbocycles. The van der Waals surface area contributed by atoms with Gasteiger partial charge < -0.3 is 34.2 Å². The fourth-order valence-corrected chi connectivity index (χ4v) is 10.5. The maximum Gasteiger partial charge on any atom is 0.416 e. The summed E-state index contributed by atoms with van der Waals surface area (Å²) in [5, 5.41) is 17.8. The number of hydrogen-bond acceptors (Lipinski definition) is 17. The number of ether oxygens (including phenoxy) is 3. The number of rotatable bonds is 18. The molecule has 85 heavy (non-hydrogen) atoms. The van der Waals surface area contributed by atoms with Gasteiger partial charge in [-0.1, -0.05) is 37.1 Å². The molecule has 2 aliphatic rings. The molecule has 8 rings (SSSR count). The number of nitrogens with zero attached hydrogens (tertiary/aromatic N) is 10. The van der Waals surface area contributed by atoms with Crippen LogP contribution in [0.15, 0.2) is 85.5 Å². The average molecular weight is 1230 g/mol. The molecule has 2 aromatic carbocycles. The largest absolute Gasteiger partial charge is 0.505 e. The lowest BCUT2D eigenvalue weighted by Gasteiger charge is -2.43. The zero-order valence-corrected chi connectivity index (χ0v) is 51.0. The van der Waals surface area contributed by atoms with Crippen molar-refractivity contribution in [1.29, 1.82) is 0 Å². The second kappa shape index (κ2) is 30.8. The fourth-order valence-electron chi connectivity index (χ4n) is 10.1. The highest BCUT2D eigenvalue weighted by atomic mass is 32.2. The van der Waals surface area contributed by atoms with E-state index in [4.69, 9.17) is 29.3 Å². The highest BCUT2D eigenvalue weighted by molar-refractivity contribution is 7.98. The van der Waals surface area contributed by atoms with Gasteiger partial charge >= 0.3 is 24.5 Å². The summed E-state index contributed by atoms with van der Waals surface area (Å²) in [6.45, 7) is 15.8. The van der Waals surface area contributed by atoms with Crippen molar-refractivity contribution in [3.63, 3.8) is 0 Å². The van der Waals surface area contributed by atoms with Crippen molar-refractivity contribution in [2.45, 2.75) is 131 Å². The smallest absolute Gasteiger partial charge is 0.416 e. The number of carbonyl (C=O) groups excluding carboxylic acids is 2. The predicted molar refractivity (Wildman–Crippen MR) is 320 cm³/mol. The third-order valence-electron chi connectivity index (χ3n) is 13.8. The van der Waals surface area contributed by atoms with Crippen LogP contribution in [0.1, 0.15) is 122 Å². The minimum absolute atomic E-state index is 0.0467. The molecule has 4 atom stereocenters. The highest BCUT2D eigenvalue weighted by Crippen LogP contribution is 2.45. The molecule has 0 saturated heterocycles. The lowest BCUT2D eigenvalue weighted by molar-refractivity contribution is -0.138. The van der Waals surface area contributed by atoms with Gasteiger partial charge in [0.15, 0.2) is 11.5 Å². The highest BCUT2D eigenvalue weighted by Gasteiger charge is 2.43. The summed E-state index contributed by atoms with van der Waals surface area (Å²) < 4.78 is 98.5. The Hall–Kier alpha value is -7.12. The van der Waals surface area contributed by atoms with Crippen LogP contribution in [-0.4, -0.2) is 115 Å². The lowest BCUT2D eigenvalue weighted by Crippen LogP contribution is -2.48. The summed E-state index contributed by atoms with van der Waals surface area (Å²) in [6, 6.07) is 13.8. The zero-order chi connectivity index (χ0) is 62.2. The molecule has 0 unspecified atom stereocenters. The van der Waals surface area contributed by atoms with E-state index in [1.807, 2.05) is 63.3 Å². The summed E-state index contributed by atoms with van der Waals surface area (Å²) in [7, 11) is 0. The summed E-state index contributed by atoms with van der Waals surface area (Å²) >= 11 is 3.31. The molecule has 25 heteroatoms. The Kier molecular flexibility index (Phi) is 24.3. The number of benzene rings is 2. The van der Waals surface area contributed by atoms with Crippen molar-refractivity contribution in [3.8, 4) is 11.5 Å². The number of alkyl halides is 6. The van der Waals surface area contributed by atoms with E-state index in [1.165, 1.54) is 12.4 Å². The van der Waals surface area contributed by atoms with Crippen LogP contribution >= 0.6 is 23.5 Å². The van der Waals surface area contributed by atoms with Gasteiger partial charge in [0.2, 0.25) is 11.9 Å². The first-order chi connectivity index (χ1) is 40.5. The number of carbonyl (C=O) groups is 2. The topological polar surface area (TPSA) is 193 Å². The van der Waals surface area contributed by atoms with E-state index in [0.29, 0.717) is 101 Å². The first kappa shape index (κ1) is 67.0. The number of aliphatic hydroxyl groups is 1. The van der Waals surface area contributed by atoms with Crippen LogP contribution in [0.4, 0.5) is 59.2 Å². The number of fused-ring (bicyclic) bond motifs is 2. The van der Waals surface area contributed by atoms with Gasteiger partial charge in [0, 0.05) is 48.1 Å². The number of aromatic hydroxyl groups is 1. The van der Waals surface area contributed by atoms with Crippen molar-refractivity contribution < 1.29 is 60.4 Å². The van der Waals surface area contributed by atoms with Crippen LogP contribution in [0.25, 0.3) is 0 Å². The molecular formula is C60H74F6N10O7S2. The summed E-state index contributed by atoms with van der Waals surface area (Å²) in [5.41, 5.74) is 4.21. The quantitative estimate of drug-likeness (QED) is 0.0609. The Bertz CT molecular complexity index is 3150. The fraction of sp³-hybridized carbons (Fsp3) is 0.467. The van der Waals surface area contributed by atoms with E-state index in [9.17, 15) is 41.0 Å². The van der Waals surface area contributed by atoms with Gasteiger partial charge in [0.25, 0.3) is 0 Å². The molecule has 6 heterocycles. The molecule has 6 aromatic rings. The van der Waals surface area contributed by atoms with Crippen molar-refractivity contribution in [2.24, 2.45) is 0 Å². The maximum absolute atomic E-state index is 13.7. The van der Waals surface area contributed by atoms with Crippen molar-refractivity contribution in [3.05, 3.63) is 142 Å². The van der Waals surface area contributed by atoms with Gasteiger partial charge in [-0.05, 0) is 139 Å². The van der Waals surface area contributed by atoms with Gasteiger partial charge in [-0.3, -0.25) is 19.8 Å². The summed E-state index contributed by atoms with van der Waals surface area (Å²) in [4.78, 5) is 60.3. The Balaban J connectivity index is 0.000000253. The number of amides is 2. The van der Waals surface area contributed by atoms with Gasteiger partial charge in [-0.15, -0.1) is 0 Å². The van der Waals surface area contributed by atoms with Crippen molar-refractivity contribution in [1.82, 2.24) is 29.9 Å². The molecule has 17 nitrogen and oxygen atoms in total. The monoisotopic (exact) mass is 1220 g/mol. The first-order valence-corrected chi connectivity index (χ1v) is 30.6. The third-order valence-corrected chi connectivity index (χ3v) is 15.0. The number of thioether (sulfide) groups is 2. The molecule has 0 spiro atoms. The van der Waals surface area contributed by atoms with E-state index < -0.39 is 47.7 Å². The normalized spacial score (nSPS) is 16.4. The predicted octanol–water partition coefficient (Wildman–Crippen LogP) is 13.6. The Labute approximate surface area is 501 Å². The van der Waals surface area contributed by atoms with Crippen LogP contribution < -0.4 is 24.3 Å². The number of anilines is 4. The van der Waals surface area contributed by atoms with Crippen LogP contribution in [0, 0.1) is 27.7 Å². The number of aryl methyl sites for hydroxylation is 4. The van der Waals surface area contributed by atoms with Gasteiger partial charge in [0.1, 0.15) is 0 Å². The molecule has 0 bridgehead atoms. The van der Waals surface area contributed by atoms with E-state index in [0.717, 1.165) is 41.5 Å². The number of pyridine rings is 2. The second-order valence-electron chi connectivity index (χ2n) is 20.2. The minimum atomic E-state index is -4.50. The molecule has 4 aromatic heterocycles. The number of hydrogen-bond donors (Lipinski definition) is 2. The maximum atomic E-state index is 13.7. The molecule has 2 aliphatic heterocycles. The number of aliphatic hydroxyl groups excluding tert-OH is 1. The van der Waals surface area contributed by atoms with Gasteiger partial charge in [-0.2, -0.15) is 49.9 Å². The molecular weight excluding hydrogens is 1150 g/mol. The first-order valence-electron chi connectivity index (χ1n) is 27.8. The van der Waals surface area contributed by atoms with Gasteiger partial charge in [-0.25, -0.2) is 29.5 Å². The number of aromatic nitrogens is 6. The van der Waals surface area contributed by atoms with Crippen LogP contribution in [-0.2, 0) is 34.9 Å². The summed E-state index contributed by atoms with van der Waals surface area (Å²) in [6.07, 6.45) is 1.76. The third kappa shape index (κ3) is 17.7. The van der Waals surface area contributed by atoms with E-state index in [2.05, 4.69) is 19.9 Å². The molecule has 0 radical (unpaired) electrons. The van der Waals surface area contributed by atoms with E-state index in [1.54, 1.807) is 96.5 Å². The van der Waals surface area contributed by atoms with Gasteiger partial charge in [0.05, 0.1) is 97.2 Å². The molecule has 2 amide bonds. The average Bonchev–Trinajstić information content (AvgIpc) is 1.26. The second-order valence-corrected chi connectivity index (χ2v) is 22.1. The van der Waals surface area contributed by atoms with Crippen LogP contribution in [0.3, 0.4) is 0 Å². The molecule has 460 valence electrons. The summed E-state index contributed by atoms with van der Waals surface area (Å²) in [5.74, 6) is 2.57. The minimum Gasteiger partial charge on any atom is -0.505 e. The van der Waals surface area contributed by atoms with Crippen LogP contribution in [0.2, 0.25) is 0 Å². The molecule has 0 saturated carbocycles. The van der Waals surface area contributed by atoms with E-state index >= 15 is 0 Å². The molecule has 0 fully saturated rings. The molecule has 2 N–H and O–H groups in total. The number of halogens is 6. The Morgan fingerprint density at radius 1 is 0.624 bits per heavy atom. The lowest BCUT2D eigenvalue weighted by atomic mass is 9.91. The SMILES string of the molecule is CCOC(=O)N1c2ccc(C)nc2[C@@H](N(Cc2cc(C)cc(C(F)(F)F)c2)c2ncc(O)cn2)C[C@H]1CC.CCOC(=O)N1c2ccc(C)nc2[C@@H](N(Cc2cc(C)cc(C(F)(F)F)c2)c2ncc(OCCSC)cn2)C[C@H]1CC.CSCCO.